The van der Waals surface area contributed by atoms with Gasteiger partial charge in [0.15, 0.2) is 9.84 Å². The predicted molar refractivity (Wildman–Crippen MR) is 77.9 cm³/mol. The smallest absolute Gasteiger partial charge is 0.152 e. The molecule has 0 aliphatic carbocycles. The van der Waals surface area contributed by atoms with Crippen LogP contribution in [-0.4, -0.2) is 75.5 Å². The van der Waals surface area contributed by atoms with Gasteiger partial charge in [-0.1, -0.05) is 0 Å². The Kier molecular flexibility index (Phi) is 4.55. The first kappa shape index (κ1) is 15.2. The van der Waals surface area contributed by atoms with Crippen LogP contribution < -0.4 is 5.73 Å². The molecule has 0 saturated carbocycles. The van der Waals surface area contributed by atoms with Gasteiger partial charge in [0.25, 0.3) is 0 Å². The van der Waals surface area contributed by atoms with Crippen LogP contribution in [0.25, 0.3) is 0 Å². The molecule has 2 heterocycles. The van der Waals surface area contributed by atoms with Crippen LogP contribution in [0.1, 0.15) is 19.3 Å². The summed E-state index contributed by atoms with van der Waals surface area (Å²) in [6, 6.07) is 0. The van der Waals surface area contributed by atoms with E-state index in [1.165, 1.54) is 6.42 Å². The highest BCUT2D eigenvalue weighted by Gasteiger charge is 2.41. The molecule has 0 bridgehead atoms. The van der Waals surface area contributed by atoms with Crippen molar-refractivity contribution >= 4 is 9.84 Å². The molecule has 2 unspecified atom stereocenters. The molecule has 112 valence electrons. The fraction of sp³-hybridized carbons (Fsp3) is 1.00. The first-order valence-electron chi connectivity index (χ1n) is 7.17. The second-order valence-corrected chi connectivity index (χ2v) is 8.61. The van der Waals surface area contributed by atoms with E-state index in [4.69, 9.17) is 5.73 Å². The lowest BCUT2D eigenvalue weighted by molar-refractivity contribution is 0.112. The van der Waals surface area contributed by atoms with Gasteiger partial charge in [-0.05, 0) is 45.8 Å². The summed E-state index contributed by atoms with van der Waals surface area (Å²) in [5, 5.41) is 0. The number of sulfone groups is 1. The van der Waals surface area contributed by atoms with Gasteiger partial charge in [0.1, 0.15) is 0 Å². The highest BCUT2D eigenvalue weighted by atomic mass is 32.2. The number of hydrogen-bond acceptors (Lipinski definition) is 5. The Morgan fingerprint density at radius 2 is 2.21 bits per heavy atom. The first-order chi connectivity index (χ1) is 8.87. The fourth-order valence-corrected chi connectivity index (χ4v) is 5.58. The van der Waals surface area contributed by atoms with Crippen LogP contribution in [0.4, 0.5) is 0 Å². The van der Waals surface area contributed by atoms with E-state index < -0.39 is 9.84 Å². The Hall–Kier alpha value is -0.170. The molecule has 5 nitrogen and oxygen atoms in total. The first-order valence-corrected chi connectivity index (χ1v) is 8.99. The Labute approximate surface area is 117 Å². The Bertz CT molecular complexity index is 412. The van der Waals surface area contributed by atoms with Crippen molar-refractivity contribution in [2.75, 3.05) is 51.8 Å². The molecule has 0 amide bonds. The molecule has 2 saturated heterocycles. The van der Waals surface area contributed by atoms with Crippen LogP contribution in [0, 0.1) is 5.92 Å². The van der Waals surface area contributed by atoms with E-state index in [0.29, 0.717) is 18.2 Å². The minimum atomic E-state index is -2.92. The molecule has 2 atom stereocenters. The van der Waals surface area contributed by atoms with Crippen LogP contribution in [0.2, 0.25) is 0 Å². The third kappa shape index (κ3) is 3.48. The molecule has 0 spiro atoms. The maximum absolute atomic E-state index is 11.9. The van der Waals surface area contributed by atoms with E-state index in [1.54, 1.807) is 0 Å². The quantitative estimate of drug-likeness (QED) is 0.775. The monoisotopic (exact) mass is 289 g/mol. The third-order valence-electron chi connectivity index (χ3n) is 4.80. The largest absolute Gasteiger partial charge is 0.329 e. The standard InChI is InChI=1S/C13H27N3O2S/c1-15-6-4-12(8-15)9-16(2)13(10-14)5-3-7-19(17,18)11-13/h12H,3-11,14H2,1-2H3. The number of rotatable bonds is 4. The second-order valence-electron chi connectivity index (χ2n) is 6.42. The van der Waals surface area contributed by atoms with Gasteiger partial charge >= 0.3 is 0 Å². The van der Waals surface area contributed by atoms with Crippen LogP contribution in [0.5, 0.6) is 0 Å². The fourth-order valence-electron chi connectivity index (χ4n) is 3.55. The van der Waals surface area contributed by atoms with E-state index in [9.17, 15) is 8.42 Å². The third-order valence-corrected chi connectivity index (χ3v) is 6.68. The number of nitrogens with zero attached hydrogens (tertiary/aromatic N) is 2. The van der Waals surface area contributed by atoms with Gasteiger partial charge in [0, 0.05) is 25.2 Å². The maximum atomic E-state index is 11.9. The second kappa shape index (κ2) is 5.68. The van der Waals surface area contributed by atoms with Gasteiger partial charge in [0.05, 0.1) is 11.5 Å². The van der Waals surface area contributed by atoms with Gasteiger partial charge in [-0.2, -0.15) is 0 Å². The summed E-state index contributed by atoms with van der Waals surface area (Å²) in [7, 11) is 1.27. The summed E-state index contributed by atoms with van der Waals surface area (Å²) in [6.07, 6.45) is 2.85. The van der Waals surface area contributed by atoms with Crippen molar-refractivity contribution in [2.45, 2.75) is 24.8 Å². The lowest BCUT2D eigenvalue weighted by Crippen LogP contribution is -2.59. The zero-order valence-corrected chi connectivity index (χ0v) is 13.0. The Balaban J connectivity index is 2.03. The average Bonchev–Trinajstić information content (AvgIpc) is 2.73. The van der Waals surface area contributed by atoms with Crippen molar-refractivity contribution in [3.8, 4) is 0 Å². The summed E-state index contributed by atoms with van der Waals surface area (Å²) >= 11 is 0. The molecule has 2 fully saturated rings. The number of likely N-dealkylation sites (tertiary alicyclic amines) is 1. The highest BCUT2D eigenvalue weighted by molar-refractivity contribution is 7.91. The van der Waals surface area contributed by atoms with Crippen LogP contribution in [0.15, 0.2) is 0 Å². The number of nitrogens with two attached hydrogens (primary N) is 1. The van der Waals surface area contributed by atoms with Crippen molar-refractivity contribution in [3.05, 3.63) is 0 Å². The van der Waals surface area contributed by atoms with E-state index in [0.717, 1.165) is 32.5 Å². The molecule has 2 aliphatic rings. The molecular weight excluding hydrogens is 262 g/mol. The maximum Gasteiger partial charge on any atom is 0.152 e. The van der Waals surface area contributed by atoms with Crippen molar-refractivity contribution in [3.63, 3.8) is 0 Å². The SMILES string of the molecule is CN1CCC(CN(C)C2(CN)CCCS(=O)(=O)C2)C1. The lowest BCUT2D eigenvalue weighted by atomic mass is 9.92. The molecule has 6 heteroatoms. The molecule has 2 aliphatic heterocycles. The Morgan fingerprint density at radius 3 is 2.74 bits per heavy atom. The van der Waals surface area contributed by atoms with Crippen molar-refractivity contribution < 1.29 is 8.42 Å². The summed E-state index contributed by atoms with van der Waals surface area (Å²) in [4.78, 5) is 4.57. The summed E-state index contributed by atoms with van der Waals surface area (Å²) in [6.45, 7) is 3.65. The Morgan fingerprint density at radius 1 is 1.47 bits per heavy atom. The van der Waals surface area contributed by atoms with Gasteiger partial charge in [-0.25, -0.2) is 8.42 Å². The molecule has 19 heavy (non-hydrogen) atoms. The minimum absolute atomic E-state index is 0.232. The van der Waals surface area contributed by atoms with E-state index in [-0.39, 0.29) is 11.3 Å². The summed E-state index contributed by atoms with van der Waals surface area (Å²) in [5.41, 5.74) is 5.61. The lowest BCUT2D eigenvalue weighted by Gasteiger charge is -2.44. The zero-order valence-electron chi connectivity index (χ0n) is 12.1. The molecule has 2 rings (SSSR count). The number of hydrogen-bond donors (Lipinski definition) is 1. The molecule has 2 N–H and O–H groups in total. The number of likely N-dealkylation sites (N-methyl/N-ethyl adjacent to an activating group) is 1. The van der Waals surface area contributed by atoms with E-state index >= 15 is 0 Å². The van der Waals surface area contributed by atoms with E-state index in [2.05, 4.69) is 16.8 Å². The zero-order chi connectivity index (χ0) is 14.1. The van der Waals surface area contributed by atoms with Gasteiger partial charge in [-0.15, -0.1) is 0 Å². The van der Waals surface area contributed by atoms with Crippen LogP contribution >= 0.6 is 0 Å². The van der Waals surface area contributed by atoms with Crippen LogP contribution in [0.3, 0.4) is 0 Å². The topological polar surface area (TPSA) is 66.6 Å². The molecule has 0 radical (unpaired) electrons. The average molecular weight is 289 g/mol. The minimum Gasteiger partial charge on any atom is -0.329 e. The van der Waals surface area contributed by atoms with Crippen LogP contribution in [-0.2, 0) is 9.84 Å². The van der Waals surface area contributed by atoms with Crippen molar-refractivity contribution in [1.29, 1.82) is 0 Å². The normalized spacial score (nSPS) is 35.9. The molecule has 0 aromatic rings. The summed E-state index contributed by atoms with van der Waals surface area (Å²) in [5.74, 6) is 1.20. The van der Waals surface area contributed by atoms with Crippen molar-refractivity contribution in [2.24, 2.45) is 11.7 Å². The van der Waals surface area contributed by atoms with Gasteiger partial charge < -0.3 is 10.6 Å². The van der Waals surface area contributed by atoms with Gasteiger partial charge in [-0.3, -0.25) is 4.90 Å². The van der Waals surface area contributed by atoms with Crippen molar-refractivity contribution in [1.82, 2.24) is 9.80 Å². The molecular formula is C13H27N3O2S. The highest BCUT2D eigenvalue weighted by Crippen LogP contribution is 2.29. The van der Waals surface area contributed by atoms with E-state index in [1.807, 2.05) is 7.05 Å². The summed E-state index contributed by atoms with van der Waals surface area (Å²) < 4.78 is 23.9. The predicted octanol–water partition coefficient (Wildman–Crippen LogP) is -0.224. The van der Waals surface area contributed by atoms with Gasteiger partial charge in [0.2, 0.25) is 0 Å². The molecule has 0 aromatic heterocycles. The molecule has 0 aromatic carbocycles.